The van der Waals surface area contributed by atoms with Crippen molar-refractivity contribution in [1.82, 2.24) is 14.5 Å². The molecule has 0 N–H and O–H groups in total. The molecule has 0 amide bonds. The zero-order valence-electron chi connectivity index (χ0n) is 17.5. The van der Waals surface area contributed by atoms with E-state index in [1.54, 1.807) is 49.1 Å². The summed E-state index contributed by atoms with van der Waals surface area (Å²) < 4.78 is 35.8. The van der Waals surface area contributed by atoms with Gasteiger partial charge in [0, 0.05) is 24.9 Å². The molecular formula is C25H17F2N5O. The van der Waals surface area contributed by atoms with Crippen molar-refractivity contribution in [2.24, 2.45) is 7.05 Å². The van der Waals surface area contributed by atoms with Crippen LogP contribution in [0.4, 0.5) is 8.78 Å². The fourth-order valence-corrected chi connectivity index (χ4v) is 3.52. The van der Waals surface area contributed by atoms with Crippen LogP contribution in [0.3, 0.4) is 0 Å². The van der Waals surface area contributed by atoms with Crippen molar-refractivity contribution in [2.45, 2.75) is 12.7 Å². The van der Waals surface area contributed by atoms with E-state index >= 15 is 0 Å². The Morgan fingerprint density at radius 2 is 1.79 bits per heavy atom. The fraction of sp³-hybridized carbons (Fsp3) is 0.120. The van der Waals surface area contributed by atoms with Gasteiger partial charge in [-0.05, 0) is 47.0 Å². The van der Waals surface area contributed by atoms with Gasteiger partial charge in [0.05, 0.1) is 36.5 Å². The molecular weight excluding hydrogens is 424 g/mol. The van der Waals surface area contributed by atoms with E-state index in [4.69, 9.17) is 10.00 Å². The Bertz CT molecular complexity index is 1360. The number of nitrogens with zero attached hydrogens (tertiary/aromatic N) is 5. The van der Waals surface area contributed by atoms with Crippen molar-refractivity contribution < 1.29 is 13.5 Å². The number of benzene rings is 2. The second-order valence-electron chi connectivity index (χ2n) is 7.35. The molecule has 0 bridgehead atoms. The topological polar surface area (TPSA) is 87.5 Å². The van der Waals surface area contributed by atoms with Crippen LogP contribution in [0.1, 0.15) is 34.2 Å². The van der Waals surface area contributed by atoms with E-state index in [-0.39, 0.29) is 12.3 Å². The minimum absolute atomic E-state index is 0.0784. The average Bonchev–Trinajstić information content (AvgIpc) is 3.24. The Labute approximate surface area is 189 Å². The fourth-order valence-electron chi connectivity index (χ4n) is 3.52. The van der Waals surface area contributed by atoms with Gasteiger partial charge < -0.3 is 9.30 Å². The number of ether oxygens (including phenoxy) is 1. The summed E-state index contributed by atoms with van der Waals surface area (Å²) in [5, 5.41) is 18.3. The quantitative estimate of drug-likeness (QED) is 0.429. The summed E-state index contributed by atoms with van der Waals surface area (Å²) in [4.78, 5) is 8.28. The lowest BCUT2D eigenvalue weighted by molar-refractivity contribution is 0.0622. The maximum Gasteiger partial charge on any atom is 0.140 e. The maximum absolute atomic E-state index is 13.9. The molecule has 0 saturated heterocycles. The lowest BCUT2D eigenvalue weighted by Gasteiger charge is -2.20. The van der Waals surface area contributed by atoms with Crippen LogP contribution in [-0.4, -0.2) is 14.5 Å². The predicted molar refractivity (Wildman–Crippen MR) is 115 cm³/mol. The maximum atomic E-state index is 13.9. The van der Waals surface area contributed by atoms with Crippen molar-refractivity contribution in [2.75, 3.05) is 0 Å². The molecule has 1 atom stereocenters. The summed E-state index contributed by atoms with van der Waals surface area (Å²) in [5.41, 5.74) is 3.56. The minimum Gasteiger partial charge on any atom is -0.362 e. The number of hydrogen-bond donors (Lipinski definition) is 0. The Hall–Kier alpha value is -4.40. The highest BCUT2D eigenvalue weighted by Gasteiger charge is 2.20. The first-order valence-corrected chi connectivity index (χ1v) is 9.92. The number of pyridine rings is 1. The van der Waals surface area contributed by atoms with Gasteiger partial charge >= 0.3 is 0 Å². The van der Waals surface area contributed by atoms with Gasteiger partial charge in [0.1, 0.15) is 29.5 Å². The summed E-state index contributed by atoms with van der Waals surface area (Å²) in [7, 11) is 1.83. The molecule has 0 saturated carbocycles. The molecule has 0 radical (unpaired) electrons. The van der Waals surface area contributed by atoms with Gasteiger partial charge in [0.25, 0.3) is 0 Å². The molecule has 0 aliphatic rings. The van der Waals surface area contributed by atoms with Gasteiger partial charge in [-0.15, -0.1) is 0 Å². The first kappa shape index (κ1) is 21.8. The van der Waals surface area contributed by atoms with Gasteiger partial charge in [0.2, 0.25) is 0 Å². The van der Waals surface area contributed by atoms with Crippen LogP contribution in [-0.2, 0) is 18.4 Å². The molecule has 0 aliphatic heterocycles. The molecule has 0 aliphatic carbocycles. The van der Waals surface area contributed by atoms with Crippen LogP contribution in [0.2, 0.25) is 0 Å². The highest BCUT2D eigenvalue weighted by molar-refractivity contribution is 5.69. The van der Waals surface area contributed by atoms with Crippen LogP contribution in [0, 0.1) is 34.3 Å². The third-order valence-corrected chi connectivity index (χ3v) is 5.14. The largest absolute Gasteiger partial charge is 0.362 e. The first-order chi connectivity index (χ1) is 16.0. The normalized spacial score (nSPS) is 11.5. The van der Waals surface area contributed by atoms with Crippen LogP contribution < -0.4 is 0 Å². The number of halogens is 2. The van der Waals surface area contributed by atoms with Crippen molar-refractivity contribution >= 4 is 0 Å². The van der Waals surface area contributed by atoms with E-state index in [1.807, 2.05) is 17.7 Å². The monoisotopic (exact) mass is 441 g/mol. The first-order valence-electron chi connectivity index (χ1n) is 9.92. The number of rotatable bonds is 6. The number of aromatic nitrogens is 3. The molecule has 2 heterocycles. The predicted octanol–water partition coefficient (Wildman–Crippen LogP) is 4.81. The SMILES string of the molecule is Cn1cncc1C(OCc1ccc(C#N)cc1-c1cc(F)cc(F)c1)c1ccc(C#N)nc1. The van der Waals surface area contributed by atoms with E-state index in [2.05, 4.69) is 16.0 Å². The smallest absolute Gasteiger partial charge is 0.140 e. The summed E-state index contributed by atoms with van der Waals surface area (Å²) in [6.07, 6.45) is 4.32. The van der Waals surface area contributed by atoms with Crippen molar-refractivity contribution in [3.05, 3.63) is 107 Å². The van der Waals surface area contributed by atoms with E-state index in [0.717, 1.165) is 11.8 Å². The van der Waals surface area contributed by atoms with Crippen LogP contribution >= 0.6 is 0 Å². The summed E-state index contributed by atoms with van der Waals surface area (Å²) in [6.45, 7) is 0.0784. The highest BCUT2D eigenvalue weighted by atomic mass is 19.1. The van der Waals surface area contributed by atoms with Gasteiger partial charge in [-0.2, -0.15) is 10.5 Å². The summed E-state index contributed by atoms with van der Waals surface area (Å²) in [6, 6.07) is 15.5. The molecule has 1 unspecified atom stereocenters. The zero-order valence-corrected chi connectivity index (χ0v) is 17.5. The summed E-state index contributed by atoms with van der Waals surface area (Å²) >= 11 is 0. The minimum atomic E-state index is -0.712. The third kappa shape index (κ3) is 4.77. The Morgan fingerprint density at radius 1 is 1.00 bits per heavy atom. The molecule has 6 nitrogen and oxygen atoms in total. The van der Waals surface area contributed by atoms with E-state index in [9.17, 15) is 14.0 Å². The van der Waals surface area contributed by atoms with Crippen molar-refractivity contribution in [1.29, 1.82) is 10.5 Å². The third-order valence-electron chi connectivity index (χ3n) is 5.14. The van der Waals surface area contributed by atoms with E-state index in [1.165, 1.54) is 12.1 Å². The van der Waals surface area contributed by atoms with Crippen molar-refractivity contribution in [3.8, 4) is 23.3 Å². The van der Waals surface area contributed by atoms with E-state index in [0.29, 0.717) is 27.8 Å². The molecule has 4 aromatic rings. The molecule has 0 spiro atoms. The highest BCUT2D eigenvalue weighted by Crippen LogP contribution is 2.31. The second-order valence-corrected chi connectivity index (χ2v) is 7.35. The lowest BCUT2D eigenvalue weighted by Crippen LogP contribution is -2.11. The second kappa shape index (κ2) is 9.39. The standard InChI is InChI=1S/C25H17F2N5O/c1-32-15-30-13-24(32)25(17-4-5-22(11-29)31-12-17)33-14-18-3-2-16(10-28)6-23(18)19-7-20(26)9-21(27)8-19/h2-9,12-13,15,25H,14H2,1H3. The van der Waals surface area contributed by atoms with Gasteiger partial charge in [0.15, 0.2) is 0 Å². The van der Waals surface area contributed by atoms with Crippen LogP contribution in [0.15, 0.2) is 67.3 Å². The van der Waals surface area contributed by atoms with Crippen LogP contribution in [0.5, 0.6) is 0 Å². The van der Waals surface area contributed by atoms with Crippen LogP contribution in [0.25, 0.3) is 11.1 Å². The summed E-state index contributed by atoms with van der Waals surface area (Å²) in [5.74, 6) is -1.42. The zero-order chi connectivity index (χ0) is 23.4. The molecule has 4 rings (SSSR count). The number of aryl methyl sites for hydroxylation is 1. The molecule has 8 heteroatoms. The van der Waals surface area contributed by atoms with E-state index < -0.39 is 17.7 Å². The molecule has 33 heavy (non-hydrogen) atoms. The number of imidazole rings is 1. The molecule has 2 aromatic heterocycles. The van der Waals surface area contributed by atoms with Gasteiger partial charge in [-0.3, -0.25) is 0 Å². The Balaban J connectivity index is 1.71. The molecule has 162 valence electrons. The lowest BCUT2D eigenvalue weighted by atomic mass is 9.97. The Morgan fingerprint density at radius 3 is 2.39 bits per heavy atom. The van der Waals surface area contributed by atoms with Gasteiger partial charge in [-0.25, -0.2) is 18.7 Å². The Kier molecular flexibility index (Phi) is 6.21. The average molecular weight is 441 g/mol. The number of hydrogen-bond acceptors (Lipinski definition) is 5. The van der Waals surface area contributed by atoms with Crippen molar-refractivity contribution in [3.63, 3.8) is 0 Å². The molecule has 2 aromatic carbocycles. The number of nitriles is 2. The van der Waals surface area contributed by atoms with Gasteiger partial charge in [-0.1, -0.05) is 12.1 Å². The molecule has 0 fully saturated rings.